The Kier molecular flexibility index (Phi) is 3.80. The molecule has 0 spiro atoms. The second kappa shape index (κ2) is 4.95. The molecule has 0 atom stereocenters. The Hall–Kier alpha value is -2.24. The van der Waals surface area contributed by atoms with Crippen molar-refractivity contribution in [2.45, 2.75) is 26.4 Å². The van der Waals surface area contributed by atoms with Crippen LogP contribution in [0.15, 0.2) is 12.1 Å². The first kappa shape index (κ1) is 13.8. The van der Waals surface area contributed by atoms with Crippen LogP contribution < -0.4 is 16.2 Å². The Morgan fingerprint density at radius 3 is 2.33 bits per heavy atom. The fourth-order valence-electron chi connectivity index (χ4n) is 1.18. The first-order valence-electron chi connectivity index (χ1n) is 5.28. The van der Waals surface area contributed by atoms with Gasteiger partial charge in [-0.15, -0.1) is 0 Å². The van der Waals surface area contributed by atoms with E-state index in [0.717, 1.165) is 0 Å². The number of ether oxygens (including phenoxy) is 2. The number of hydrogen-bond acceptors (Lipinski definition) is 6. The van der Waals surface area contributed by atoms with Gasteiger partial charge in [0.25, 0.3) is 0 Å². The van der Waals surface area contributed by atoms with E-state index in [4.69, 9.17) is 20.9 Å². The molecule has 1 aromatic carbocycles. The van der Waals surface area contributed by atoms with Gasteiger partial charge in [0, 0.05) is 17.3 Å². The molecule has 1 rings (SSSR count). The van der Waals surface area contributed by atoms with Crippen molar-refractivity contribution in [3.8, 4) is 5.75 Å². The lowest BCUT2D eigenvalue weighted by atomic mass is 10.1. The summed E-state index contributed by atoms with van der Waals surface area (Å²) in [6, 6.07) is 2.64. The lowest BCUT2D eigenvalue weighted by Gasteiger charge is -2.19. The van der Waals surface area contributed by atoms with Crippen molar-refractivity contribution in [1.29, 1.82) is 0 Å². The first-order chi connectivity index (χ1) is 8.23. The third-order valence-electron chi connectivity index (χ3n) is 1.93. The number of carbonyl (C=O) groups is 2. The zero-order valence-electron chi connectivity index (χ0n) is 10.5. The number of nitrogens with two attached hydrogens (primary N) is 2. The molecule has 0 unspecified atom stereocenters. The number of anilines is 2. The van der Waals surface area contributed by atoms with Crippen molar-refractivity contribution < 1.29 is 19.1 Å². The number of nitrogen functional groups attached to an aromatic ring is 2. The Balaban J connectivity index is 2.89. The molecular weight excluding hydrogens is 236 g/mol. The van der Waals surface area contributed by atoms with Gasteiger partial charge in [0.05, 0.1) is 5.69 Å². The van der Waals surface area contributed by atoms with E-state index < -0.39 is 11.8 Å². The maximum absolute atomic E-state index is 11.4. The number of aldehydes is 1. The molecule has 0 aliphatic heterocycles. The second-order valence-corrected chi connectivity index (χ2v) is 4.70. The molecule has 0 bridgehead atoms. The van der Waals surface area contributed by atoms with Gasteiger partial charge in [-0.25, -0.2) is 4.79 Å². The summed E-state index contributed by atoms with van der Waals surface area (Å²) in [6.07, 6.45) is -0.310. The van der Waals surface area contributed by atoms with Crippen LogP contribution in [-0.4, -0.2) is 18.0 Å². The van der Waals surface area contributed by atoms with E-state index in [-0.39, 0.29) is 22.7 Å². The van der Waals surface area contributed by atoms with E-state index in [1.807, 2.05) is 0 Å². The topological polar surface area (TPSA) is 105 Å². The van der Waals surface area contributed by atoms with Gasteiger partial charge in [0.15, 0.2) is 12.0 Å². The maximum Gasteiger partial charge on any atom is 0.514 e. The van der Waals surface area contributed by atoms with Crippen molar-refractivity contribution in [2.75, 3.05) is 11.5 Å². The van der Waals surface area contributed by atoms with Crippen LogP contribution in [0.3, 0.4) is 0 Å². The van der Waals surface area contributed by atoms with Crippen molar-refractivity contribution in [2.24, 2.45) is 0 Å². The minimum Gasteiger partial charge on any atom is -0.428 e. The minimum atomic E-state index is -0.882. The van der Waals surface area contributed by atoms with Crippen molar-refractivity contribution in [3.63, 3.8) is 0 Å². The summed E-state index contributed by atoms with van der Waals surface area (Å²) < 4.78 is 9.89. The third-order valence-corrected chi connectivity index (χ3v) is 1.93. The van der Waals surface area contributed by atoms with Gasteiger partial charge < -0.3 is 20.9 Å². The summed E-state index contributed by atoms with van der Waals surface area (Å²) in [5.41, 5.74) is 11.1. The smallest absolute Gasteiger partial charge is 0.428 e. The number of hydrogen-bond donors (Lipinski definition) is 2. The highest BCUT2D eigenvalue weighted by Gasteiger charge is 2.19. The molecule has 4 N–H and O–H groups in total. The molecule has 0 radical (unpaired) electrons. The zero-order chi connectivity index (χ0) is 13.9. The van der Waals surface area contributed by atoms with Crippen LogP contribution in [0.1, 0.15) is 31.1 Å². The van der Waals surface area contributed by atoms with Gasteiger partial charge in [0.2, 0.25) is 0 Å². The van der Waals surface area contributed by atoms with Crippen molar-refractivity contribution in [1.82, 2.24) is 0 Å². The van der Waals surface area contributed by atoms with Gasteiger partial charge in [-0.1, -0.05) is 0 Å². The predicted molar refractivity (Wildman–Crippen MR) is 67.5 cm³/mol. The number of rotatable bonds is 2. The van der Waals surface area contributed by atoms with Crippen LogP contribution in [0, 0.1) is 0 Å². The molecule has 0 saturated carbocycles. The predicted octanol–water partition coefficient (Wildman–Crippen LogP) is 1.98. The molecule has 0 aromatic heterocycles. The summed E-state index contributed by atoms with van der Waals surface area (Å²) in [7, 11) is 0. The fraction of sp³-hybridized carbons (Fsp3) is 0.333. The van der Waals surface area contributed by atoms with E-state index in [0.29, 0.717) is 6.29 Å². The summed E-state index contributed by atoms with van der Waals surface area (Å²) in [6.45, 7) is 5.13. The Bertz CT molecular complexity index is 478. The summed E-state index contributed by atoms with van der Waals surface area (Å²) in [5.74, 6) is 0.0624. The van der Waals surface area contributed by atoms with Crippen molar-refractivity contribution in [3.05, 3.63) is 17.7 Å². The maximum atomic E-state index is 11.4. The number of benzene rings is 1. The zero-order valence-corrected chi connectivity index (χ0v) is 10.5. The van der Waals surface area contributed by atoms with Gasteiger partial charge in [-0.05, 0) is 26.8 Å². The summed E-state index contributed by atoms with van der Waals surface area (Å²) in [4.78, 5) is 22.1. The van der Waals surface area contributed by atoms with E-state index in [1.54, 1.807) is 20.8 Å². The molecule has 18 heavy (non-hydrogen) atoms. The molecule has 6 heteroatoms. The highest BCUT2D eigenvalue weighted by atomic mass is 16.7. The lowest BCUT2D eigenvalue weighted by molar-refractivity contribution is 0.0208. The lowest BCUT2D eigenvalue weighted by Crippen LogP contribution is -2.26. The summed E-state index contributed by atoms with van der Waals surface area (Å²) in [5, 5.41) is 0. The standard InChI is InChI=1S/C12H16N2O4/c1-12(2,3)18-11(16)17-10-5-8(13)7(6-15)4-9(10)14/h4-6H,13-14H2,1-3H3. The Morgan fingerprint density at radius 2 is 1.83 bits per heavy atom. The monoisotopic (exact) mass is 252 g/mol. The SMILES string of the molecule is CC(C)(C)OC(=O)Oc1cc(N)c(C=O)cc1N. The van der Waals surface area contributed by atoms with Crippen LogP contribution in [0.4, 0.5) is 16.2 Å². The van der Waals surface area contributed by atoms with Crippen molar-refractivity contribution >= 4 is 23.8 Å². The average Bonchev–Trinajstić information content (AvgIpc) is 2.20. The van der Waals surface area contributed by atoms with Gasteiger partial charge in [-0.2, -0.15) is 0 Å². The van der Waals surface area contributed by atoms with Gasteiger partial charge in [0.1, 0.15) is 5.60 Å². The molecule has 0 heterocycles. The highest BCUT2D eigenvalue weighted by molar-refractivity contribution is 5.87. The number of carbonyl (C=O) groups excluding carboxylic acids is 2. The minimum absolute atomic E-state index is 0.0624. The molecule has 1 aromatic rings. The fourth-order valence-corrected chi connectivity index (χ4v) is 1.18. The van der Waals surface area contributed by atoms with Crippen LogP contribution in [0.5, 0.6) is 5.75 Å². The quantitative estimate of drug-likeness (QED) is 0.361. The molecule has 98 valence electrons. The summed E-state index contributed by atoms with van der Waals surface area (Å²) >= 11 is 0. The average molecular weight is 252 g/mol. The second-order valence-electron chi connectivity index (χ2n) is 4.70. The van der Waals surface area contributed by atoms with Crippen LogP contribution in [-0.2, 0) is 4.74 Å². The van der Waals surface area contributed by atoms with Crippen LogP contribution in [0.2, 0.25) is 0 Å². The normalized spacial score (nSPS) is 10.8. The van der Waals surface area contributed by atoms with E-state index >= 15 is 0 Å². The van der Waals surface area contributed by atoms with E-state index in [9.17, 15) is 9.59 Å². The highest BCUT2D eigenvalue weighted by Crippen LogP contribution is 2.27. The molecule has 0 aliphatic rings. The van der Waals surface area contributed by atoms with Gasteiger partial charge >= 0.3 is 6.16 Å². The Morgan fingerprint density at radius 1 is 1.22 bits per heavy atom. The van der Waals surface area contributed by atoms with Crippen LogP contribution >= 0.6 is 0 Å². The van der Waals surface area contributed by atoms with E-state index in [1.165, 1.54) is 12.1 Å². The molecule has 0 saturated heterocycles. The van der Waals surface area contributed by atoms with E-state index in [2.05, 4.69) is 0 Å². The van der Waals surface area contributed by atoms with Crippen LogP contribution in [0.25, 0.3) is 0 Å². The first-order valence-corrected chi connectivity index (χ1v) is 5.28. The molecule has 0 fully saturated rings. The van der Waals surface area contributed by atoms with Gasteiger partial charge in [-0.3, -0.25) is 4.79 Å². The molecule has 6 nitrogen and oxygen atoms in total. The molecular formula is C12H16N2O4. The molecule has 0 amide bonds. The largest absolute Gasteiger partial charge is 0.514 e. The molecule has 0 aliphatic carbocycles. The Labute approximate surface area is 105 Å². The third kappa shape index (κ3) is 3.65.